The monoisotopic (exact) mass is 492 g/mol. The van der Waals surface area contributed by atoms with Gasteiger partial charge in [-0.15, -0.1) is 5.10 Å². The highest BCUT2D eigenvalue weighted by Crippen LogP contribution is 2.35. The van der Waals surface area contributed by atoms with Crippen LogP contribution < -0.4 is 20.9 Å². The summed E-state index contributed by atoms with van der Waals surface area (Å²) in [6.07, 6.45) is -2.55. The number of amides is 1. The molecule has 0 bridgehead atoms. The van der Waals surface area contributed by atoms with E-state index < -0.39 is 11.7 Å². The molecule has 1 aromatic heterocycles. The fourth-order valence-electron chi connectivity index (χ4n) is 3.39. The third-order valence-corrected chi connectivity index (χ3v) is 5.68. The van der Waals surface area contributed by atoms with Crippen molar-refractivity contribution in [1.29, 1.82) is 0 Å². The van der Waals surface area contributed by atoms with Gasteiger partial charge in [-0.05, 0) is 79.1 Å². The number of halogens is 3. The summed E-state index contributed by atoms with van der Waals surface area (Å²) in [5.74, 6) is -0.375. The fourth-order valence-corrected chi connectivity index (χ4v) is 4.07. The molecule has 2 aromatic carbocycles. The normalized spacial score (nSPS) is 13.6. The molecule has 0 radical (unpaired) electrons. The van der Waals surface area contributed by atoms with Crippen LogP contribution in [0.5, 0.6) is 0 Å². The van der Waals surface area contributed by atoms with E-state index in [9.17, 15) is 18.0 Å². The highest BCUT2D eigenvalue weighted by molar-refractivity contribution is 7.80. The molecule has 0 aliphatic carbocycles. The molecular formula is C21H19F3N6OS2. The van der Waals surface area contributed by atoms with Gasteiger partial charge in [0.2, 0.25) is 0 Å². The summed E-state index contributed by atoms with van der Waals surface area (Å²) in [6, 6.07) is 10.6. The number of hydrogen-bond donors (Lipinski definition) is 3. The van der Waals surface area contributed by atoms with E-state index in [0.717, 1.165) is 43.5 Å². The van der Waals surface area contributed by atoms with Gasteiger partial charge in [0.1, 0.15) is 0 Å². The lowest BCUT2D eigenvalue weighted by Crippen LogP contribution is -2.22. The predicted octanol–water partition coefficient (Wildman–Crippen LogP) is 5.22. The lowest BCUT2D eigenvalue weighted by molar-refractivity contribution is -0.137. The van der Waals surface area contributed by atoms with Crippen LogP contribution in [0.1, 0.15) is 28.9 Å². The summed E-state index contributed by atoms with van der Waals surface area (Å²) >= 11 is 6.37. The largest absolute Gasteiger partial charge is 0.416 e. The quantitative estimate of drug-likeness (QED) is 0.422. The summed E-state index contributed by atoms with van der Waals surface area (Å²) in [5.41, 5.74) is 1.42. The number of rotatable bonds is 5. The third-order valence-electron chi connectivity index (χ3n) is 4.97. The molecule has 0 saturated carbocycles. The Bertz CT molecular complexity index is 1130. The molecule has 12 heteroatoms. The SMILES string of the molecule is O=C(Nc1ccc(NC(=S)Nc2cc(N3CCCC3)cc(C(F)(F)F)c2)cc1)c1csnn1. The minimum absolute atomic E-state index is 0.145. The summed E-state index contributed by atoms with van der Waals surface area (Å²) in [6.45, 7) is 1.45. The smallest absolute Gasteiger partial charge is 0.371 e. The van der Waals surface area contributed by atoms with Crippen LogP contribution in [0.15, 0.2) is 47.8 Å². The van der Waals surface area contributed by atoms with Gasteiger partial charge in [-0.25, -0.2) is 0 Å². The highest BCUT2D eigenvalue weighted by Gasteiger charge is 2.32. The van der Waals surface area contributed by atoms with Gasteiger partial charge < -0.3 is 20.9 Å². The van der Waals surface area contributed by atoms with E-state index in [-0.39, 0.29) is 22.4 Å². The summed E-state index contributed by atoms with van der Waals surface area (Å²) in [7, 11) is 0. The van der Waals surface area contributed by atoms with Gasteiger partial charge in [0.25, 0.3) is 5.91 Å². The molecule has 172 valence electrons. The van der Waals surface area contributed by atoms with Crippen molar-refractivity contribution in [2.24, 2.45) is 0 Å². The van der Waals surface area contributed by atoms with Crippen molar-refractivity contribution in [2.45, 2.75) is 19.0 Å². The Kier molecular flexibility index (Phi) is 6.75. The second-order valence-electron chi connectivity index (χ2n) is 7.36. The number of benzene rings is 2. The molecule has 1 aliphatic rings. The fraction of sp³-hybridized carbons (Fsp3) is 0.238. The van der Waals surface area contributed by atoms with E-state index in [1.54, 1.807) is 30.3 Å². The van der Waals surface area contributed by atoms with Crippen LogP contribution in [0, 0.1) is 0 Å². The standard InChI is InChI=1S/C21H19F3N6OS2/c22-21(23,24)13-9-16(11-17(10-13)30-7-1-2-8-30)27-20(32)26-15-5-3-14(4-6-15)25-19(31)18-12-33-29-28-18/h3-6,9-12H,1-2,7-8H2,(H,25,31)(H2,26,27,32). The van der Waals surface area contributed by atoms with Crippen LogP contribution in [0.25, 0.3) is 0 Å². The second-order valence-corrected chi connectivity index (χ2v) is 8.38. The number of thiocarbonyl (C=S) groups is 1. The molecular weight excluding hydrogens is 473 g/mol. The van der Waals surface area contributed by atoms with Crippen molar-refractivity contribution in [1.82, 2.24) is 9.59 Å². The number of aromatic nitrogens is 2. The number of hydrogen-bond acceptors (Lipinski definition) is 6. The maximum atomic E-state index is 13.4. The number of carbonyl (C=O) groups is 1. The molecule has 0 spiro atoms. The topological polar surface area (TPSA) is 82.2 Å². The Morgan fingerprint density at radius 2 is 1.61 bits per heavy atom. The number of carbonyl (C=O) groups excluding carboxylic acids is 1. The number of nitrogens with one attached hydrogen (secondary N) is 3. The van der Waals surface area contributed by atoms with Gasteiger partial charge in [-0.1, -0.05) is 4.49 Å². The van der Waals surface area contributed by atoms with Crippen molar-refractivity contribution in [2.75, 3.05) is 33.9 Å². The van der Waals surface area contributed by atoms with E-state index in [1.807, 2.05) is 4.90 Å². The van der Waals surface area contributed by atoms with Crippen LogP contribution in [-0.4, -0.2) is 33.7 Å². The first-order valence-electron chi connectivity index (χ1n) is 10.0. The zero-order valence-corrected chi connectivity index (χ0v) is 18.8. The zero-order chi connectivity index (χ0) is 23.4. The number of nitrogens with zero attached hydrogens (tertiary/aromatic N) is 3. The van der Waals surface area contributed by atoms with Gasteiger partial charge in [0.05, 0.1) is 5.56 Å². The van der Waals surface area contributed by atoms with Crippen LogP contribution in [0.2, 0.25) is 0 Å². The van der Waals surface area contributed by atoms with Gasteiger partial charge >= 0.3 is 6.18 Å². The van der Waals surface area contributed by atoms with E-state index >= 15 is 0 Å². The van der Waals surface area contributed by atoms with Crippen molar-refractivity contribution in [3.8, 4) is 0 Å². The molecule has 2 heterocycles. The summed E-state index contributed by atoms with van der Waals surface area (Å²) < 4.78 is 43.9. The van der Waals surface area contributed by atoms with Gasteiger partial charge in [0, 0.05) is 41.2 Å². The first-order chi connectivity index (χ1) is 15.8. The first kappa shape index (κ1) is 22.9. The van der Waals surface area contributed by atoms with Gasteiger partial charge in [-0.2, -0.15) is 13.2 Å². The maximum absolute atomic E-state index is 13.4. The zero-order valence-electron chi connectivity index (χ0n) is 17.1. The van der Waals surface area contributed by atoms with E-state index in [1.165, 1.54) is 11.4 Å². The molecule has 7 nitrogen and oxygen atoms in total. The maximum Gasteiger partial charge on any atom is 0.416 e. The van der Waals surface area contributed by atoms with Crippen LogP contribution in [-0.2, 0) is 6.18 Å². The van der Waals surface area contributed by atoms with E-state index in [4.69, 9.17) is 12.2 Å². The average molecular weight is 493 g/mol. The lowest BCUT2D eigenvalue weighted by Gasteiger charge is -2.21. The molecule has 4 rings (SSSR count). The van der Waals surface area contributed by atoms with Crippen LogP contribution >= 0.6 is 23.8 Å². The van der Waals surface area contributed by atoms with Crippen molar-refractivity contribution >= 4 is 57.5 Å². The Hall–Kier alpha value is -3.25. The lowest BCUT2D eigenvalue weighted by atomic mass is 10.1. The highest BCUT2D eigenvalue weighted by atomic mass is 32.1. The molecule has 1 aliphatic heterocycles. The van der Waals surface area contributed by atoms with Crippen molar-refractivity contribution < 1.29 is 18.0 Å². The molecule has 1 saturated heterocycles. The first-order valence-corrected chi connectivity index (χ1v) is 11.3. The van der Waals surface area contributed by atoms with Crippen LogP contribution in [0.4, 0.5) is 35.9 Å². The molecule has 0 atom stereocenters. The minimum atomic E-state index is -4.46. The predicted molar refractivity (Wildman–Crippen MR) is 127 cm³/mol. The summed E-state index contributed by atoms with van der Waals surface area (Å²) in [5, 5.41) is 13.9. The molecule has 1 fully saturated rings. The molecule has 3 N–H and O–H groups in total. The molecule has 0 unspecified atom stereocenters. The van der Waals surface area contributed by atoms with Crippen molar-refractivity contribution in [3.05, 3.63) is 59.1 Å². The Morgan fingerprint density at radius 3 is 2.21 bits per heavy atom. The molecule has 3 aromatic rings. The number of anilines is 4. The van der Waals surface area contributed by atoms with Gasteiger partial charge in [0.15, 0.2) is 10.8 Å². The van der Waals surface area contributed by atoms with Gasteiger partial charge in [-0.3, -0.25) is 4.79 Å². The van der Waals surface area contributed by atoms with Crippen LogP contribution in [0.3, 0.4) is 0 Å². The Balaban J connectivity index is 1.41. The Labute approximate surface area is 197 Å². The average Bonchev–Trinajstić information content (AvgIpc) is 3.49. The summed E-state index contributed by atoms with van der Waals surface area (Å²) in [4.78, 5) is 14.0. The second kappa shape index (κ2) is 9.71. The van der Waals surface area contributed by atoms with E-state index in [2.05, 4.69) is 25.5 Å². The molecule has 1 amide bonds. The minimum Gasteiger partial charge on any atom is -0.371 e. The number of alkyl halides is 3. The third kappa shape index (κ3) is 5.96. The van der Waals surface area contributed by atoms with E-state index in [0.29, 0.717) is 17.1 Å². The van der Waals surface area contributed by atoms with Crippen molar-refractivity contribution in [3.63, 3.8) is 0 Å². The molecule has 33 heavy (non-hydrogen) atoms. The Morgan fingerprint density at radius 1 is 0.970 bits per heavy atom.